The monoisotopic (exact) mass is 236 g/mol. The van der Waals surface area contributed by atoms with Crippen molar-refractivity contribution >= 4 is 0 Å². The maximum absolute atomic E-state index is 5.62. The summed E-state index contributed by atoms with van der Waals surface area (Å²) in [7, 11) is 4.16. The maximum atomic E-state index is 5.62. The molecule has 1 rings (SSSR count). The first-order valence-corrected chi connectivity index (χ1v) is 6.22. The van der Waals surface area contributed by atoms with Crippen molar-refractivity contribution < 1.29 is 4.74 Å². The number of hydrogen-bond donors (Lipinski definition) is 1. The van der Waals surface area contributed by atoms with Gasteiger partial charge in [0, 0.05) is 6.61 Å². The Kier molecular flexibility index (Phi) is 6.86. The Morgan fingerprint density at radius 2 is 1.76 bits per heavy atom. The molecule has 3 nitrogen and oxygen atoms in total. The Bertz CT molecular complexity index is 296. The van der Waals surface area contributed by atoms with Crippen LogP contribution in [0.5, 0.6) is 0 Å². The second-order valence-electron chi connectivity index (χ2n) is 4.56. The van der Waals surface area contributed by atoms with Gasteiger partial charge in [0.25, 0.3) is 0 Å². The molecule has 0 aliphatic carbocycles. The van der Waals surface area contributed by atoms with E-state index in [4.69, 9.17) is 10.5 Å². The fourth-order valence-corrected chi connectivity index (χ4v) is 1.64. The largest absolute Gasteiger partial charge is 0.377 e. The van der Waals surface area contributed by atoms with E-state index in [1.165, 1.54) is 11.1 Å². The van der Waals surface area contributed by atoms with E-state index in [-0.39, 0.29) is 0 Å². The molecule has 17 heavy (non-hydrogen) atoms. The molecule has 0 amide bonds. The van der Waals surface area contributed by atoms with E-state index in [0.717, 1.165) is 26.0 Å². The van der Waals surface area contributed by atoms with Crippen LogP contribution in [0.3, 0.4) is 0 Å². The summed E-state index contributed by atoms with van der Waals surface area (Å²) in [5.74, 6) is 0. The molecule has 0 radical (unpaired) electrons. The third-order valence-electron chi connectivity index (χ3n) is 2.62. The van der Waals surface area contributed by atoms with Crippen LogP contribution in [0.25, 0.3) is 0 Å². The first kappa shape index (κ1) is 14.2. The van der Waals surface area contributed by atoms with E-state index in [1.54, 1.807) is 0 Å². The average Bonchev–Trinajstić information content (AvgIpc) is 2.31. The number of hydrogen-bond acceptors (Lipinski definition) is 3. The Morgan fingerprint density at radius 1 is 1.12 bits per heavy atom. The summed E-state index contributed by atoms with van der Waals surface area (Å²) in [6.07, 6.45) is 2.03. The molecule has 0 aliphatic rings. The lowest BCUT2D eigenvalue weighted by Crippen LogP contribution is -2.14. The summed E-state index contributed by atoms with van der Waals surface area (Å²) in [6.45, 7) is 3.31. The second kappa shape index (κ2) is 8.23. The minimum atomic E-state index is 0.705. The highest BCUT2D eigenvalue weighted by Crippen LogP contribution is 2.06. The van der Waals surface area contributed by atoms with Crippen molar-refractivity contribution in [2.45, 2.75) is 19.4 Å². The number of benzene rings is 1. The van der Waals surface area contributed by atoms with Crippen molar-refractivity contribution in [2.24, 2.45) is 5.73 Å². The zero-order valence-corrected chi connectivity index (χ0v) is 11.0. The molecule has 96 valence electrons. The quantitative estimate of drug-likeness (QED) is 0.698. The molecule has 2 N–H and O–H groups in total. The Balaban J connectivity index is 2.18. The van der Waals surface area contributed by atoms with Gasteiger partial charge < -0.3 is 15.4 Å². The summed E-state index contributed by atoms with van der Waals surface area (Å²) in [4.78, 5) is 2.17. The van der Waals surface area contributed by atoms with Crippen molar-refractivity contribution in [3.63, 3.8) is 0 Å². The van der Waals surface area contributed by atoms with E-state index in [2.05, 4.69) is 43.3 Å². The van der Waals surface area contributed by atoms with Gasteiger partial charge in [-0.3, -0.25) is 0 Å². The van der Waals surface area contributed by atoms with E-state index in [0.29, 0.717) is 13.2 Å². The Labute approximate surface area is 105 Å². The third kappa shape index (κ3) is 6.41. The minimum Gasteiger partial charge on any atom is -0.377 e. The van der Waals surface area contributed by atoms with Crippen LogP contribution in [0.15, 0.2) is 24.3 Å². The molecule has 0 bridgehead atoms. The summed E-state index contributed by atoms with van der Waals surface area (Å²) in [5.41, 5.74) is 8.04. The molecule has 0 unspecified atom stereocenters. The highest BCUT2D eigenvalue weighted by molar-refractivity contribution is 5.22. The van der Waals surface area contributed by atoms with Gasteiger partial charge in [0.15, 0.2) is 0 Å². The molecule has 3 heteroatoms. The Morgan fingerprint density at radius 3 is 2.35 bits per heavy atom. The summed E-state index contributed by atoms with van der Waals surface area (Å²) >= 11 is 0. The van der Waals surface area contributed by atoms with Gasteiger partial charge in [-0.2, -0.15) is 0 Å². The summed E-state index contributed by atoms with van der Waals surface area (Å²) in [6, 6.07) is 8.50. The second-order valence-corrected chi connectivity index (χ2v) is 4.56. The molecule has 1 aromatic carbocycles. The van der Waals surface area contributed by atoms with Crippen LogP contribution < -0.4 is 5.73 Å². The van der Waals surface area contributed by atoms with Gasteiger partial charge in [-0.05, 0) is 51.2 Å². The van der Waals surface area contributed by atoms with Gasteiger partial charge in [-0.1, -0.05) is 24.3 Å². The number of nitrogens with two attached hydrogens (primary N) is 1. The SMILES string of the molecule is CN(C)CCCOCc1ccc(CCN)cc1. The molecule has 0 heterocycles. The van der Waals surface area contributed by atoms with E-state index in [9.17, 15) is 0 Å². The normalized spacial score (nSPS) is 11.1. The van der Waals surface area contributed by atoms with E-state index in [1.807, 2.05) is 0 Å². The number of nitrogens with zero attached hydrogens (tertiary/aromatic N) is 1. The molecule has 0 spiro atoms. The van der Waals surface area contributed by atoms with Crippen LogP contribution in [0.1, 0.15) is 17.5 Å². The van der Waals surface area contributed by atoms with Crippen molar-refractivity contribution in [1.29, 1.82) is 0 Å². The van der Waals surface area contributed by atoms with Crippen LogP contribution in [0.4, 0.5) is 0 Å². The van der Waals surface area contributed by atoms with E-state index >= 15 is 0 Å². The van der Waals surface area contributed by atoms with Crippen molar-refractivity contribution in [3.05, 3.63) is 35.4 Å². The van der Waals surface area contributed by atoms with Gasteiger partial charge in [0.05, 0.1) is 6.61 Å². The predicted molar refractivity (Wildman–Crippen MR) is 72.0 cm³/mol. The van der Waals surface area contributed by atoms with Crippen molar-refractivity contribution in [3.8, 4) is 0 Å². The summed E-state index contributed by atoms with van der Waals surface area (Å²) < 4.78 is 5.62. The number of ether oxygens (including phenoxy) is 1. The molecule has 1 aromatic rings. The molecular formula is C14H24N2O. The first-order valence-electron chi connectivity index (χ1n) is 6.22. The maximum Gasteiger partial charge on any atom is 0.0716 e. The van der Waals surface area contributed by atoms with Gasteiger partial charge in [-0.25, -0.2) is 0 Å². The van der Waals surface area contributed by atoms with Crippen molar-refractivity contribution in [2.75, 3.05) is 33.8 Å². The first-order chi connectivity index (χ1) is 8.22. The molecule has 0 aromatic heterocycles. The molecule has 0 fully saturated rings. The third-order valence-corrected chi connectivity index (χ3v) is 2.62. The minimum absolute atomic E-state index is 0.705. The van der Waals surface area contributed by atoms with Crippen LogP contribution in [0.2, 0.25) is 0 Å². The van der Waals surface area contributed by atoms with Crippen LogP contribution in [-0.4, -0.2) is 38.7 Å². The lowest BCUT2D eigenvalue weighted by atomic mass is 10.1. The van der Waals surface area contributed by atoms with E-state index < -0.39 is 0 Å². The van der Waals surface area contributed by atoms with Gasteiger partial charge in [0.1, 0.15) is 0 Å². The van der Waals surface area contributed by atoms with Crippen LogP contribution in [-0.2, 0) is 17.8 Å². The average molecular weight is 236 g/mol. The highest BCUT2D eigenvalue weighted by Gasteiger charge is 1.96. The van der Waals surface area contributed by atoms with Crippen LogP contribution in [0, 0.1) is 0 Å². The lowest BCUT2D eigenvalue weighted by Gasteiger charge is -2.09. The molecule has 0 saturated carbocycles. The zero-order chi connectivity index (χ0) is 12.5. The molecule has 0 atom stereocenters. The van der Waals surface area contributed by atoms with Crippen LogP contribution >= 0.6 is 0 Å². The highest BCUT2D eigenvalue weighted by atomic mass is 16.5. The fraction of sp³-hybridized carbons (Fsp3) is 0.571. The summed E-state index contributed by atoms with van der Waals surface area (Å²) in [5, 5.41) is 0. The predicted octanol–water partition coefficient (Wildman–Crippen LogP) is 1.66. The standard InChI is InChI=1S/C14H24N2O/c1-16(2)10-3-11-17-12-14-6-4-13(5-7-14)8-9-15/h4-7H,3,8-12,15H2,1-2H3. The van der Waals surface area contributed by atoms with Crippen molar-refractivity contribution in [1.82, 2.24) is 4.90 Å². The smallest absolute Gasteiger partial charge is 0.0716 e. The lowest BCUT2D eigenvalue weighted by molar-refractivity contribution is 0.113. The molecular weight excluding hydrogens is 212 g/mol. The van der Waals surface area contributed by atoms with Gasteiger partial charge in [-0.15, -0.1) is 0 Å². The molecule has 0 saturated heterocycles. The Hall–Kier alpha value is -0.900. The van der Waals surface area contributed by atoms with Gasteiger partial charge >= 0.3 is 0 Å². The van der Waals surface area contributed by atoms with Gasteiger partial charge in [0.2, 0.25) is 0 Å². The fourth-order valence-electron chi connectivity index (χ4n) is 1.64. The molecule has 0 aliphatic heterocycles. The number of rotatable bonds is 8. The zero-order valence-electron chi connectivity index (χ0n) is 11.0. The topological polar surface area (TPSA) is 38.5 Å².